The van der Waals surface area contributed by atoms with Gasteiger partial charge in [0.25, 0.3) is 0 Å². The molecule has 1 aromatic heterocycles. The number of aliphatic hydroxyl groups is 2. The minimum absolute atomic E-state index is 0.0315. The number of hydrogen-bond donors (Lipinski definition) is 2. The van der Waals surface area contributed by atoms with Gasteiger partial charge in [0.1, 0.15) is 23.1 Å². The van der Waals surface area contributed by atoms with Crippen LogP contribution in [0.3, 0.4) is 0 Å². The van der Waals surface area contributed by atoms with Gasteiger partial charge in [-0.15, -0.1) is 0 Å². The van der Waals surface area contributed by atoms with Gasteiger partial charge in [0, 0.05) is 23.2 Å². The molecule has 0 radical (unpaired) electrons. The van der Waals surface area contributed by atoms with Crippen molar-refractivity contribution in [3.05, 3.63) is 100 Å². The highest BCUT2D eigenvalue weighted by molar-refractivity contribution is 7.80. The van der Waals surface area contributed by atoms with Crippen LogP contribution in [-0.4, -0.2) is 31.1 Å². The van der Waals surface area contributed by atoms with E-state index in [0.29, 0.717) is 22.1 Å². The molecule has 2 N–H and O–H groups in total. The van der Waals surface area contributed by atoms with Gasteiger partial charge >= 0.3 is 0 Å². The number of aromatic nitrogens is 2. The second kappa shape index (κ2) is 10.8. The molecule has 0 amide bonds. The molecule has 0 bridgehead atoms. The van der Waals surface area contributed by atoms with E-state index in [1.165, 1.54) is 25.3 Å². The Balaban J connectivity index is 1.80. The van der Waals surface area contributed by atoms with Crippen molar-refractivity contribution in [2.45, 2.75) is 37.4 Å². The summed E-state index contributed by atoms with van der Waals surface area (Å²) >= 11 is 4.32. The number of hydrogen-bond acceptors (Lipinski definition) is 5. The van der Waals surface area contributed by atoms with E-state index < -0.39 is 34.9 Å². The van der Waals surface area contributed by atoms with Crippen LogP contribution in [0.5, 0.6) is 0 Å². The third-order valence-corrected chi connectivity index (χ3v) is 7.29. The van der Waals surface area contributed by atoms with Gasteiger partial charge in [-0.05, 0) is 60.9 Å². The Hall–Kier alpha value is -2.95. The highest BCUT2D eigenvalue weighted by Crippen LogP contribution is 2.31. The first-order valence-electron chi connectivity index (χ1n) is 11.3. The lowest BCUT2D eigenvalue weighted by Crippen LogP contribution is -2.16. The first-order chi connectivity index (χ1) is 17.5. The van der Waals surface area contributed by atoms with Crippen molar-refractivity contribution in [2.75, 3.05) is 7.11 Å². The molecule has 37 heavy (non-hydrogen) atoms. The molecule has 1 heterocycles. The molecule has 0 aliphatic carbocycles. The summed E-state index contributed by atoms with van der Waals surface area (Å²) < 4.78 is 48.8. The summed E-state index contributed by atoms with van der Waals surface area (Å²) in [7, 11) is 1.20. The monoisotopic (exact) mass is 546 g/mol. The number of imidazole rings is 1. The molecule has 4 aromatic rings. The van der Waals surface area contributed by atoms with E-state index in [1.54, 1.807) is 36.7 Å². The number of aliphatic hydroxyl groups excluding tert-OH is 1. The Morgan fingerprint density at radius 3 is 2.41 bits per heavy atom. The molecular weight excluding hydrogens is 522 g/mol. The number of rotatable bonds is 8. The second-order valence-corrected chi connectivity index (χ2v) is 10.5. The molecule has 0 aliphatic rings. The minimum atomic E-state index is -2.01. The molecule has 1 atom stereocenters. The largest absolute Gasteiger partial charge is 0.392 e. The van der Waals surface area contributed by atoms with Crippen LogP contribution < -0.4 is 0 Å². The SMILES string of the molecule is COS(=O)c1cc(-c2ccc(-n3cc(C(C)(C)O)nc3Cc3ccccc3Cl)c(F)c2)cc(F)c1CO. The van der Waals surface area contributed by atoms with E-state index in [-0.39, 0.29) is 28.1 Å². The lowest BCUT2D eigenvalue weighted by Gasteiger charge is -2.14. The molecule has 3 aromatic carbocycles. The summed E-state index contributed by atoms with van der Waals surface area (Å²) in [6.45, 7) is 2.51. The maximum atomic E-state index is 15.5. The molecule has 1 unspecified atom stereocenters. The topological polar surface area (TPSA) is 84.6 Å². The van der Waals surface area contributed by atoms with Gasteiger partial charge in [-0.25, -0.2) is 18.0 Å². The summed E-state index contributed by atoms with van der Waals surface area (Å²) in [5.41, 5.74) is 0.481. The summed E-state index contributed by atoms with van der Waals surface area (Å²) in [5, 5.41) is 20.6. The zero-order chi connectivity index (χ0) is 26.9. The summed E-state index contributed by atoms with van der Waals surface area (Å²) in [5.74, 6) is -0.942. The first kappa shape index (κ1) is 27.1. The highest BCUT2D eigenvalue weighted by Gasteiger charge is 2.24. The fraction of sp³-hybridized carbons (Fsp3) is 0.222. The standard InChI is InChI=1S/C27H25ClF2N2O4S/c1-27(2,34)25-14-32(26(31-25)13-17-6-4-5-7-20(17)28)23-9-8-16(10-22(23)30)18-11-21(29)19(15-33)24(12-18)37(35)36-3/h4-12,14,33-34H,13,15H2,1-3H3. The van der Waals surface area contributed by atoms with Crippen LogP contribution in [0.25, 0.3) is 16.8 Å². The van der Waals surface area contributed by atoms with E-state index in [4.69, 9.17) is 15.8 Å². The minimum Gasteiger partial charge on any atom is -0.392 e. The van der Waals surface area contributed by atoms with Gasteiger partial charge in [-0.3, -0.25) is 4.18 Å². The van der Waals surface area contributed by atoms with Crippen molar-refractivity contribution in [2.24, 2.45) is 0 Å². The van der Waals surface area contributed by atoms with Gasteiger partial charge in [-0.1, -0.05) is 35.9 Å². The molecule has 6 nitrogen and oxygen atoms in total. The molecule has 4 rings (SSSR count). The van der Waals surface area contributed by atoms with Crippen LogP contribution >= 0.6 is 11.6 Å². The Kier molecular flexibility index (Phi) is 7.91. The van der Waals surface area contributed by atoms with Crippen LogP contribution in [0.4, 0.5) is 8.78 Å². The van der Waals surface area contributed by atoms with Crippen LogP contribution in [0.15, 0.2) is 65.7 Å². The molecule has 0 saturated carbocycles. The quantitative estimate of drug-likeness (QED) is 0.307. The first-order valence-corrected chi connectivity index (χ1v) is 12.7. The van der Waals surface area contributed by atoms with E-state index in [1.807, 2.05) is 18.2 Å². The normalized spacial score (nSPS) is 12.6. The second-order valence-electron chi connectivity index (χ2n) is 8.90. The van der Waals surface area contributed by atoms with Crippen LogP contribution in [-0.2, 0) is 33.9 Å². The van der Waals surface area contributed by atoms with E-state index in [2.05, 4.69) is 4.98 Å². The van der Waals surface area contributed by atoms with E-state index in [0.717, 1.165) is 11.6 Å². The lowest BCUT2D eigenvalue weighted by atomic mass is 10.0. The molecule has 10 heteroatoms. The van der Waals surface area contributed by atoms with Gasteiger partial charge < -0.3 is 14.8 Å². The van der Waals surface area contributed by atoms with Crippen molar-refractivity contribution >= 4 is 22.7 Å². The van der Waals surface area contributed by atoms with Crippen LogP contribution in [0.2, 0.25) is 5.02 Å². The van der Waals surface area contributed by atoms with Gasteiger partial charge in [0.05, 0.1) is 30.0 Å². The van der Waals surface area contributed by atoms with Crippen molar-refractivity contribution in [1.82, 2.24) is 9.55 Å². The van der Waals surface area contributed by atoms with E-state index >= 15 is 4.39 Å². The highest BCUT2D eigenvalue weighted by atomic mass is 35.5. The maximum Gasteiger partial charge on any atom is 0.189 e. The third-order valence-electron chi connectivity index (χ3n) is 5.90. The van der Waals surface area contributed by atoms with Gasteiger partial charge in [-0.2, -0.15) is 0 Å². The Morgan fingerprint density at radius 2 is 1.78 bits per heavy atom. The smallest absolute Gasteiger partial charge is 0.189 e. The fourth-order valence-electron chi connectivity index (χ4n) is 3.91. The van der Waals surface area contributed by atoms with Gasteiger partial charge in [0.2, 0.25) is 0 Å². The van der Waals surface area contributed by atoms with E-state index in [9.17, 15) is 18.8 Å². The van der Waals surface area contributed by atoms with Crippen molar-refractivity contribution < 1.29 is 27.4 Å². The summed E-state index contributed by atoms with van der Waals surface area (Å²) in [6.07, 6.45) is 1.86. The van der Waals surface area contributed by atoms with Gasteiger partial charge in [0.15, 0.2) is 11.1 Å². The fourth-order valence-corrected chi connectivity index (χ4v) is 4.88. The predicted molar refractivity (Wildman–Crippen MR) is 138 cm³/mol. The average molecular weight is 547 g/mol. The van der Waals surface area contributed by atoms with Crippen molar-refractivity contribution in [3.63, 3.8) is 0 Å². The number of halogens is 3. The zero-order valence-electron chi connectivity index (χ0n) is 20.3. The third kappa shape index (κ3) is 5.66. The van der Waals surface area contributed by atoms with Crippen molar-refractivity contribution in [3.8, 4) is 16.8 Å². The number of benzene rings is 3. The molecule has 0 spiro atoms. The Bertz CT molecular complexity index is 1480. The predicted octanol–water partition coefficient (Wildman–Crippen LogP) is 5.45. The van der Waals surface area contributed by atoms with Crippen LogP contribution in [0, 0.1) is 11.6 Å². The number of nitrogens with zero attached hydrogens (tertiary/aromatic N) is 2. The molecule has 0 aliphatic heterocycles. The molecule has 194 valence electrons. The Labute approximate surface area is 220 Å². The zero-order valence-corrected chi connectivity index (χ0v) is 21.9. The molecular formula is C27H25ClF2N2O4S. The maximum absolute atomic E-state index is 15.5. The molecule has 0 saturated heterocycles. The average Bonchev–Trinajstić information content (AvgIpc) is 3.28. The lowest BCUT2D eigenvalue weighted by molar-refractivity contribution is 0.0741. The van der Waals surface area contributed by atoms with Crippen molar-refractivity contribution in [1.29, 1.82) is 0 Å². The van der Waals surface area contributed by atoms with Crippen LogP contribution in [0.1, 0.15) is 36.5 Å². The summed E-state index contributed by atoms with van der Waals surface area (Å²) in [6, 6.07) is 14.1. The molecule has 0 fully saturated rings. The summed E-state index contributed by atoms with van der Waals surface area (Å²) in [4.78, 5) is 4.52. The Morgan fingerprint density at radius 1 is 1.08 bits per heavy atom.